The Balaban J connectivity index is 2.47. The zero-order valence-corrected chi connectivity index (χ0v) is 11.6. The van der Waals surface area contributed by atoms with Gasteiger partial charge in [-0.3, -0.25) is 0 Å². The van der Waals surface area contributed by atoms with E-state index in [0.717, 1.165) is 41.2 Å². The summed E-state index contributed by atoms with van der Waals surface area (Å²) in [5.41, 5.74) is 3.24. The van der Waals surface area contributed by atoms with Crippen molar-refractivity contribution in [3.63, 3.8) is 0 Å². The van der Waals surface area contributed by atoms with Gasteiger partial charge < -0.3 is 10.1 Å². The lowest BCUT2D eigenvalue weighted by molar-refractivity contribution is 0.415. The van der Waals surface area contributed by atoms with E-state index < -0.39 is 0 Å². The van der Waals surface area contributed by atoms with Crippen molar-refractivity contribution in [2.75, 3.05) is 19.5 Å². The minimum Gasteiger partial charge on any atom is -0.497 e. The number of nitrogens with zero attached hydrogens (tertiary/aromatic N) is 2. The monoisotopic (exact) mass is 257 g/mol. The Labute approximate surface area is 113 Å². The van der Waals surface area contributed by atoms with Gasteiger partial charge in [0.25, 0.3) is 0 Å². The quantitative estimate of drug-likeness (QED) is 0.893. The van der Waals surface area contributed by atoms with Gasteiger partial charge in [0.1, 0.15) is 17.9 Å². The summed E-state index contributed by atoms with van der Waals surface area (Å²) in [6, 6.07) is 7.96. The summed E-state index contributed by atoms with van der Waals surface area (Å²) in [4.78, 5) is 8.73. The molecule has 0 aliphatic rings. The maximum Gasteiger partial charge on any atom is 0.132 e. The molecule has 0 fully saturated rings. The molecule has 1 aromatic heterocycles. The Morgan fingerprint density at radius 3 is 2.47 bits per heavy atom. The van der Waals surface area contributed by atoms with E-state index in [1.165, 1.54) is 0 Å². The first-order chi connectivity index (χ1) is 9.30. The molecule has 0 radical (unpaired) electrons. The van der Waals surface area contributed by atoms with Crippen molar-refractivity contribution >= 4 is 5.82 Å². The van der Waals surface area contributed by atoms with Crippen molar-refractivity contribution in [3.05, 3.63) is 36.2 Å². The van der Waals surface area contributed by atoms with Crippen LogP contribution in [0.4, 0.5) is 5.82 Å². The van der Waals surface area contributed by atoms with E-state index in [9.17, 15) is 0 Å². The van der Waals surface area contributed by atoms with Crippen LogP contribution in [0.2, 0.25) is 0 Å². The van der Waals surface area contributed by atoms with E-state index in [-0.39, 0.29) is 0 Å². The number of methoxy groups -OCH3 is 1. The summed E-state index contributed by atoms with van der Waals surface area (Å²) in [7, 11) is 3.56. The summed E-state index contributed by atoms with van der Waals surface area (Å²) in [6.07, 6.45) is 3.62. The second kappa shape index (κ2) is 6.18. The number of nitrogens with one attached hydrogen (secondary N) is 1. The van der Waals surface area contributed by atoms with E-state index in [0.29, 0.717) is 0 Å². The number of benzene rings is 1. The summed E-state index contributed by atoms with van der Waals surface area (Å²) in [6.45, 7) is 2.16. The smallest absolute Gasteiger partial charge is 0.132 e. The fraction of sp³-hybridized carbons (Fsp3) is 0.333. The minimum atomic E-state index is 0.851. The van der Waals surface area contributed by atoms with Gasteiger partial charge in [-0.05, 0) is 30.7 Å². The van der Waals surface area contributed by atoms with Gasteiger partial charge in [0.15, 0.2) is 0 Å². The Morgan fingerprint density at radius 2 is 1.89 bits per heavy atom. The normalized spacial score (nSPS) is 10.3. The second-order valence-electron chi connectivity index (χ2n) is 4.28. The largest absolute Gasteiger partial charge is 0.497 e. The van der Waals surface area contributed by atoms with Crippen LogP contribution in [0.3, 0.4) is 0 Å². The highest BCUT2D eigenvalue weighted by molar-refractivity contribution is 5.68. The second-order valence-corrected chi connectivity index (χ2v) is 4.28. The first kappa shape index (κ1) is 13.3. The van der Waals surface area contributed by atoms with E-state index in [2.05, 4.69) is 22.2 Å². The predicted octanol–water partition coefficient (Wildman–Crippen LogP) is 3.15. The number of rotatable bonds is 5. The summed E-state index contributed by atoms with van der Waals surface area (Å²) in [5.74, 6) is 1.76. The predicted molar refractivity (Wildman–Crippen MR) is 77.6 cm³/mol. The molecule has 100 valence electrons. The van der Waals surface area contributed by atoms with Gasteiger partial charge in [0.2, 0.25) is 0 Å². The van der Waals surface area contributed by atoms with E-state index in [1.807, 2.05) is 31.3 Å². The maximum atomic E-state index is 5.18. The number of anilines is 1. The molecule has 0 aliphatic heterocycles. The summed E-state index contributed by atoms with van der Waals surface area (Å²) in [5, 5.41) is 3.14. The summed E-state index contributed by atoms with van der Waals surface area (Å²) >= 11 is 0. The van der Waals surface area contributed by atoms with Crippen molar-refractivity contribution in [2.45, 2.75) is 19.8 Å². The zero-order chi connectivity index (χ0) is 13.7. The Bertz CT molecular complexity index is 538. The molecule has 0 saturated heterocycles. The van der Waals surface area contributed by atoms with Crippen LogP contribution in [0.15, 0.2) is 30.6 Å². The van der Waals surface area contributed by atoms with Crippen molar-refractivity contribution in [3.8, 4) is 17.0 Å². The van der Waals surface area contributed by atoms with E-state index >= 15 is 0 Å². The van der Waals surface area contributed by atoms with Crippen molar-refractivity contribution < 1.29 is 4.74 Å². The van der Waals surface area contributed by atoms with Crippen LogP contribution in [0, 0.1) is 0 Å². The molecule has 0 unspecified atom stereocenters. The molecule has 1 aromatic carbocycles. The Kier molecular flexibility index (Phi) is 4.34. The molecule has 1 N–H and O–H groups in total. The average Bonchev–Trinajstić information content (AvgIpc) is 2.48. The molecule has 0 saturated carbocycles. The SMILES string of the molecule is CCCc1c(NC)ncnc1-c1ccc(OC)cc1. The molecule has 0 aliphatic carbocycles. The third-order valence-corrected chi connectivity index (χ3v) is 3.05. The van der Waals surface area contributed by atoms with Crippen LogP contribution in [-0.4, -0.2) is 24.1 Å². The lowest BCUT2D eigenvalue weighted by Crippen LogP contribution is -2.03. The van der Waals surface area contributed by atoms with Crippen LogP contribution in [0.25, 0.3) is 11.3 Å². The Hall–Kier alpha value is -2.10. The maximum absolute atomic E-state index is 5.18. The number of hydrogen-bond acceptors (Lipinski definition) is 4. The zero-order valence-electron chi connectivity index (χ0n) is 11.6. The van der Waals surface area contributed by atoms with Crippen LogP contribution < -0.4 is 10.1 Å². The van der Waals surface area contributed by atoms with Gasteiger partial charge in [-0.15, -0.1) is 0 Å². The molecule has 0 amide bonds. The van der Waals surface area contributed by atoms with Crippen LogP contribution in [-0.2, 0) is 6.42 Å². The van der Waals surface area contributed by atoms with Crippen molar-refractivity contribution in [1.82, 2.24) is 9.97 Å². The Morgan fingerprint density at radius 1 is 1.16 bits per heavy atom. The summed E-state index contributed by atoms with van der Waals surface area (Å²) < 4.78 is 5.18. The van der Waals surface area contributed by atoms with E-state index in [1.54, 1.807) is 13.4 Å². The minimum absolute atomic E-state index is 0.851. The molecule has 4 heteroatoms. The number of ether oxygens (including phenoxy) is 1. The fourth-order valence-electron chi connectivity index (χ4n) is 2.11. The van der Waals surface area contributed by atoms with Crippen LogP contribution in [0.5, 0.6) is 5.75 Å². The third kappa shape index (κ3) is 2.84. The van der Waals surface area contributed by atoms with Gasteiger partial charge in [-0.25, -0.2) is 9.97 Å². The first-order valence-electron chi connectivity index (χ1n) is 6.46. The highest BCUT2D eigenvalue weighted by Crippen LogP contribution is 2.27. The molecule has 1 heterocycles. The highest BCUT2D eigenvalue weighted by Gasteiger charge is 2.11. The molecule has 19 heavy (non-hydrogen) atoms. The van der Waals surface area contributed by atoms with Gasteiger partial charge >= 0.3 is 0 Å². The first-order valence-corrected chi connectivity index (χ1v) is 6.46. The van der Waals surface area contributed by atoms with E-state index in [4.69, 9.17) is 4.74 Å². The third-order valence-electron chi connectivity index (χ3n) is 3.05. The molecule has 2 aromatic rings. The molecule has 4 nitrogen and oxygen atoms in total. The standard InChI is InChI=1S/C15H19N3O/c1-4-5-13-14(17-10-18-15(13)16-2)11-6-8-12(19-3)9-7-11/h6-10H,4-5H2,1-3H3,(H,16,17,18). The average molecular weight is 257 g/mol. The molecule has 0 spiro atoms. The van der Waals surface area contributed by atoms with Gasteiger partial charge in [-0.2, -0.15) is 0 Å². The molecular weight excluding hydrogens is 238 g/mol. The lowest BCUT2D eigenvalue weighted by Gasteiger charge is -2.12. The number of aromatic nitrogens is 2. The van der Waals surface area contributed by atoms with Gasteiger partial charge in [-0.1, -0.05) is 13.3 Å². The lowest BCUT2D eigenvalue weighted by atomic mass is 10.0. The van der Waals surface area contributed by atoms with Gasteiger partial charge in [0.05, 0.1) is 12.8 Å². The highest BCUT2D eigenvalue weighted by atomic mass is 16.5. The number of hydrogen-bond donors (Lipinski definition) is 1. The molecular formula is C15H19N3O. The molecule has 0 bridgehead atoms. The van der Waals surface area contributed by atoms with Gasteiger partial charge in [0, 0.05) is 18.2 Å². The topological polar surface area (TPSA) is 47.0 Å². The molecule has 0 atom stereocenters. The van der Waals surface area contributed by atoms with Crippen molar-refractivity contribution in [1.29, 1.82) is 0 Å². The molecule has 2 rings (SSSR count). The fourth-order valence-corrected chi connectivity index (χ4v) is 2.11. The van der Waals surface area contributed by atoms with Crippen LogP contribution in [0.1, 0.15) is 18.9 Å². The van der Waals surface area contributed by atoms with Crippen LogP contribution >= 0.6 is 0 Å². The van der Waals surface area contributed by atoms with Crippen molar-refractivity contribution in [2.24, 2.45) is 0 Å².